The summed E-state index contributed by atoms with van der Waals surface area (Å²) in [4.78, 5) is 20.8. The number of nitrogens with two attached hydrogens (primary N) is 2. The number of aromatic nitrogens is 4. The van der Waals surface area contributed by atoms with Crippen molar-refractivity contribution < 1.29 is 4.74 Å². The lowest BCUT2D eigenvalue weighted by molar-refractivity contribution is 0.233. The number of nitrogens with one attached hydrogen (secondary N) is 1. The molecule has 0 saturated carbocycles. The molecule has 2 aliphatic rings. The van der Waals surface area contributed by atoms with Gasteiger partial charge in [-0.25, -0.2) is 9.97 Å². The maximum Gasteiger partial charge on any atom is 0.223 e. The van der Waals surface area contributed by atoms with Gasteiger partial charge in [-0.05, 0) is 31.1 Å². The van der Waals surface area contributed by atoms with Crippen LogP contribution < -0.4 is 21.7 Å². The van der Waals surface area contributed by atoms with E-state index in [-0.39, 0.29) is 11.9 Å². The number of pyridine rings is 1. The second kappa shape index (κ2) is 7.69. The van der Waals surface area contributed by atoms with E-state index in [1.165, 1.54) is 11.3 Å². The van der Waals surface area contributed by atoms with E-state index >= 15 is 0 Å². The van der Waals surface area contributed by atoms with Crippen LogP contribution in [-0.2, 0) is 4.74 Å². The molecule has 1 atom stereocenters. The van der Waals surface area contributed by atoms with E-state index in [1.54, 1.807) is 0 Å². The van der Waals surface area contributed by atoms with Gasteiger partial charge in [0.15, 0.2) is 5.13 Å². The van der Waals surface area contributed by atoms with Gasteiger partial charge in [0.1, 0.15) is 34.3 Å². The largest absolute Gasteiger partial charge is 0.492 e. The first-order valence-corrected chi connectivity index (χ1v) is 11.0. The smallest absolute Gasteiger partial charge is 0.223 e. The lowest BCUT2D eigenvalue weighted by Crippen LogP contribution is -2.29. The van der Waals surface area contributed by atoms with Crippen LogP contribution in [0.3, 0.4) is 0 Å². The predicted octanol–water partition coefficient (Wildman–Crippen LogP) is 2.83. The molecular formula is C21H24N8OS. The molecule has 1 aliphatic carbocycles. The van der Waals surface area contributed by atoms with Gasteiger partial charge < -0.3 is 26.4 Å². The summed E-state index contributed by atoms with van der Waals surface area (Å²) in [6.45, 7) is 3.98. The van der Waals surface area contributed by atoms with Crippen molar-refractivity contribution in [3.63, 3.8) is 0 Å². The van der Waals surface area contributed by atoms with Gasteiger partial charge in [-0.1, -0.05) is 17.4 Å². The van der Waals surface area contributed by atoms with E-state index in [0.717, 1.165) is 50.9 Å². The normalized spacial score (nSPS) is 18.6. The predicted molar refractivity (Wildman–Crippen MR) is 124 cm³/mol. The minimum atomic E-state index is 0.201. The maximum absolute atomic E-state index is 6.06. The molecule has 9 nitrogen and oxygen atoms in total. The van der Waals surface area contributed by atoms with Gasteiger partial charge in [0.05, 0.1) is 6.54 Å². The third-order valence-electron chi connectivity index (χ3n) is 5.64. The van der Waals surface area contributed by atoms with Crippen LogP contribution in [-0.4, -0.2) is 46.7 Å². The zero-order valence-electron chi connectivity index (χ0n) is 17.4. The highest BCUT2D eigenvalue weighted by Gasteiger charge is 2.26. The Labute approximate surface area is 183 Å². The third-order valence-corrected chi connectivity index (χ3v) is 6.45. The van der Waals surface area contributed by atoms with Crippen molar-refractivity contribution in [1.29, 1.82) is 0 Å². The van der Waals surface area contributed by atoms with Crippen LogP contribution in [0.4, 0.5) is 22.7 Å². The van der Waals surface area contributed by atoms with Crippen LogP contribution in [0, 0.1) is 6.92 Å². The van der Waals surface area contributed by atoms with Crippen molar-refractivity contribution in [3.05, 3.63) is 46.9 Å². The van der Waals surface area contributed by atoms with Gasteiger partial charge in [-0.2, -0.15) is 9.97 Å². The van der Waals surface area contributed by atoms with Gasteiger partial charge in [-0.15, -0.1) is 0 Å². The number of thiazole rings is 1. The molecule has 31 heavy (non-hydrogen) atoms. The zero-order valence-corrected chi connectivity index (χ0v) is 18.2. The Balaban J connectivity index is 1.47. The topological polar surface area (TPSA) is 128 Å². The minimum Gasteiger partial charge on any atom is -0.492 e. The lowest BCUT2D eigenvalue weighted by Gasteiger charge is -2.25. The fourth-order valence-electron chi connectivity index (χ4n) is 4.14. The first kappa shape index (κ1) is 19.6. The molecule has 3 aromatic rings. The summed E-state index contributed by atoms with van der Waals surface area (Å²) < 4.78 is 6.06. The Morgan fingerprint density at radius 3 is 2.97 bits per heavy atom. The average molecular weight is 437 g/mol. The quantitative estimate of drug-likeness (QED) is 0.567. The summed E-state index contributed by atoms with van der Waals surface area (Å²) in [7, 11) is 1.83. The Kier molecular flexibility index (Phi) is 4.85. The fourth-order valence-corrected chi connectivity index (χ4v) is 4.79. The fraction of sp³-hybridized carbons (Fsp3) is 0.333. The number of anilines is 4. The summed E-state index contributed by atoms with van der Waals surface area (Å²) in [5, 5.41) is 3.64. The van der Waals surface area contributed by atoms with Crippen LogP contribution in [0.25, 0.3) is 10.3 Å². The highest BCUT2D eigenvalue weighted by molar-refractivity contribution is 7.21. The molecule has 1 aliphatic heterocycles. The Hall–Kier alpha value is -3.40. The second-order valence-electron chi connectivity index (χ2n) is 7.65. The molecule has 1 unspecified atom stereocenters. The van der Waals surface area contributed by atoms with E-state index in [1.807, 2.05) is 20.2 Å². The Morgan fingerprint density at radius 2 is 2.13 bits per heavy atom. The van der Waals surface area contributed by atoms with Crippen LogP contribution in [0.2, 0.25) is 0 Å². The van der Waals surface area contributed by atoms with Crippen LogP contribution >= 0.6 is 11.3 Å². The number of fused-ring (bicyclic) bond motifs is 2. The molecule has 0 bridgehead atoms. The van der Waals surface area contributed by atoms with Crippen molar-refractivity contribution in [2.75, 3.05) is 48.4 Å². The summed E-state index contributed by atoms with van der Waals surface area (Å²) in [5.41, 5.74) is 15.9. The number of allylic oxidation sites excluding steroid dienone is 2. The van der Waals surface area contributed by atoms with Crippen molar-refractivity contribution in [1.82, 2.24) is 19.9 Å². The summed E-state index contributed by atoms with van der Waals surface area (Å²) in [6, 6.07) is 2.08. The lowest BCUT2D eigenvalue weighted by atomic mass is 9.89. The van der Waals surface area contributed by atoms with E-state index in [9.17, 15) is 0 Å². The molecule has 4 heterocycles. The molecule has 10 heteroatoms. The highest BCUT2D eigenvalue weighted by Crippen LogP contribution is 2.35. The average Bonchev–Trinajstić information content (AvgIpc) is 3.00. The van der Waals surface area contributed by atoms with Gasteiger partial charge in [-0.3, -0.25) is 0 Å². The molecular weight excluding hydrogens is 412 g/mol. The third kappa shape index (κ3) is 3.63. The number of hydrogen-bond donors (Lipinski definition) is 3. The number of nitrogen functional groups attached to an aromatic ring is 2. The standard InChI is InChI=1S/C21H24N8OS/c1-11-17(24-2)27-20(22)28-18(11)29-5-6-30-16-4-3-12(7-14(16)10-29)13-8-15-19(25-9-13)31-21(23)26-15/h4,7-9,12H,3,5-6,10H2,1-2H3,(H2,23,26)(H3,22,24,27,28). The molecule has 3 aromatic heterocycles. The summed E-state index contributed by atoms with van der Waals surface area (Å²) in [5.74, 6) is 2.96. The van der Waals surface area contributed by atoms with E-state index in [0.29, 0.717) is 24.8 Å². The zero-order chi connectivity index (χ0) is 21.5. The van der Waals surface area contributed by atoms with Crippen molar-refractivity contribution in [2.24, 2.45) is 0 Å². The summed E-state index contributed by atoms with van der Waals surface area (Å²) in [6.07, 6.45) is 7.22. The molecule has 1 saturated heterocycles. The monoisotopic (exact) mass is 436 g/mol. The number of ether oxygens (including phenoxy) is 1. The first-order valence-electron chi connectivity index (χ1n) is 10.1. The molecule has 1 fully saturated rings. The maximum atomic E-state index is 6.06. The number of nitrogens with zero attached hydrogens (tertiary/aromatic N) is 5. The molecule has 5 N–H and O–H groups in total. The molecule has 0 radical (unpaired) electrons. The van der Waals surface area contributed by atoms with Crippen molar-refractivity contribution >= 4 is 44.4 Å². The van der Waals surface area contributed by atoms with Crippen LogP contribution in [0.15, 0.2) is 35.7 Å². The highest BCUT2D eigenvalue weighted by atomic mass is 32.1. The molecule has 0 aromatic carbocycles. The SMILES string of the molecule is CNc1nc(N)nc(N2CCOC3=CCC(c4cnc5sc(N)nc5c4)C=C3C2)c1C. The molecule has 160 valence electrons. The van der Waals surface area contributed by atoms with E-state index in [2.05, 4.69) is 48.4 Å². The van der Waals surface area contributed by atoms with Crippen LogP contribution in [0.1, 0.15) is 23.5 Å². The van der Waals surface area contributed by atoms with Gasteiger partial charge in [0.25, 0.3) is 0 Å². The number of hydrogen-bond acceptors (Lipinski definition) is 10. The van der Waals surface area contributed by atoms with Gasteiger partial charge >= 0.3 is 0 Å². The van der Waals surface area contributed by atoms with Gasteiger partial charge in [0.2, 0.25) is 5.95 Å². The summed E-state index contributed by atoms with van der Waals surface area (Å²) >= 11 is 1.41. The molecule has 0 amide bonds. The first-order chi connectivity index (χ1) is 15.0. The van der Waals surface area contributed by atoms with Crippen molar-refractivity contribution in [3.8, 4) is 0 Å². The molecule has 5 rings (SSSR count). The molecule has 0 spiro atoms. The van der Waals surface area contributed by atoms with Crippen molar-refractivity contribution in [2.45, 2.75) is 19.3 Å². The Morgan fingerprint density at radius 1 is 1.26 bits per heavy atom. The number of rotatable bonds is 3. The van der Waals surface area contributed by atoms with E-state index in [4.69, 9.17) is 16.2 Å². The minimum absolute atomic E-state index is 0.201. The van der Waals surface area contributed by atoms with Gasteiger partial charge in [0, 0.05) is 36.8 Å². The van der Waals surface area contributed by atoms with E-state index < -0.39 is 0 Å². The Bertz CT molecular complexity index is 1220. The second-order valence-corrected chi connectivity index (χ2v) is 8.66. The van der Waals surface area contributed by atoms with Crippen LogP contribution in [0.5, 0.6) is 0 Å².